The van der Waals surface area contributed by atoms with Crippen LogP contribution in [0.2, 0.25) is 0 Å². The number of anilines is 1. The average Bonchev–Trinajstić information content (AvgIpc) is 2.80. The van der Waals surface area contributed by atoms with Crippen molar-refractivity contribution < 1.29 is 4.79 Å². The molecule has 1 amide bonds. The Morgan fingerprint density at radius 3 is 2.94 bits per heavy atom. The zero-order valence-electron chi connectivity index (χ0n) is 8.47. The Kier molecular flexibility index (Phi) is 2.81. The van der Waals surface area contributed by atoms with Crippen molar-refractivity contribution in [1.82, 2.24) is 20.3 Å². The van der Waals surface area contributed by atoms with E-state index >= 15 is 0 Å². The molecule has 0 fully saturated rings. The summed E-state index contributed by atoms with van der Waals surface area (Å²) in [5, 5.41) is 2.71. The second kappa shape index (κ2) is 4.43. The van der Waals surface area contributed by atoms with E-state index in [0.29, 0.717) is 17.9 Å². The smallest absolute Gasteiger partial charge is 0.270 e. The maximum absolute atomic E-state index is 11.6. The van der Waals surface area contributed by atoms with Crippen LogP contribution in [0.5, 0.6) is 0 Å². The highest BCUT2D eigenvalue weighted by molar-refractivity contribution is 5.92. The number of nitrogen functional groups attached to an aromatic ring is 1. The Morgan fingerprint density at radius 1 is 1.44 bits per heavy atom. The van der Waals surface area contributed by atoms with E-state index in [1.807, 2.05) is 0 Å². The van der Waals surface area contributed by atoms with E-state index in [1.165, 1.54) is 6.20 Å². The molecule has 0 aromatic carbocycles. The van der Waals surface area contributed by atoms with Gasteiger partial charge in [-0.3, -0.25) is 4.79 Å². The molecule has 0 aliphatic rings. The number of rotatable bonds is 3. The Balaban J connectivity index is 1.95. The molecule has 82 valence electrons. The van der Waals surface area contributed by atoms with Gasteiger partial charge in [0.25, 0.3) is 5.91 Å². The van der Waals surface area contributed by atoms with Crippen molar-refractivity contribution >= 4 is 11.6 Å². The molecule has 0 atom stereocenters. The van der Waals surface area contributed by atoms with Crippen molar-refractivity contribution in [3.8, 4) is 0 Å². The number of amides is 1. The summed E-state index contributed by atoms with van der Waals surface area (Å²) in [4.78, 5) is 22.3. The Bertz CT molecular complexity index is 462. The molecule has 0 spiro atoms. The third-order valence-electron chi connectivity index (χ3n) is 2.01. The third-order valence-corrected chi connectivity index (χ3v) is 2.01. The number of nitrogens with zero attached hydrogens (tertiary/aromatic N) is 2. The lowest BCUT2D eigenvalue weighted by molar-refractivity contribution is 0.0945. The topological polar surface area (TPSA) is 96.7 Å². The lowest BCUT2D eigenvalue weighted by Crippen LogP contribution is -2.23. The van der Waals surface area contributed by atoms with E-state index < -0.39 is 0 Å². The van der Waals surface area contributed by atoms with E-state index in [1.54, 1.807) is 24.7 Å². The molecule has 4 N–H and O–H groups in total. The molecule has 2 aromatic rings. The van der Waals surface area contributed by atoms with Crippen molar-refractivity contribution in [2.75, 3.05) is 5.73 Å². The first kappa shape index (κ1) is 10.2. The Labute approximate surface area is 91.9 Å². The number of carbonyl (C=O) groups excluding carboxylic acids is 1. The maximum Gasteiger partial charge on any atom is 0.270 e. The van der Waals surface area contributed by atoms with E-state index in [-0.39, 0.29) is 5.91 Å². The zero-order valence-corrected chi connectivity index (χ0v) is 8.47. The second-order valence-electron chi connectivity index (χ2n) is 3.24. The normalized spacial score (nSPS) is 10.0. The molecule has 0 radical (unpaired) electrons. The first-order valence-electron chi connectivity index (χ1n) is 4.72. The van der Waals surface area contributed by atoms with Crippen molar-refractivity contribution in [2.45, 2.75) is 6.54 Å². The van der Waals surface area contributed by atoms with Crippen LogP contribution in [0.1, 0.15) is 16.2 Å². The highest BCUT2D eigenvalue weighted by atomic mass is 16.1. The van der Waals surface area contributed by atoms with Crippen molar-refractivity contribution in [2.24, 2.45) is 0 Å². The number of carbonyl (C=O) groups is 1. The first-order chi connectivity index (χ1) is 7.75. The van der Waals surface area contributed by atoms with Gasteiger partial charge in [-0.2, -0.15) is 0 Å². The number of H-pyrrole nitrogens is 1. The lowest BCUT2D eigenvalue weighted by atomic mass is 10.3. The summed E-state index contributed by atoms with van der Waals surface area (Å²) in [5.41, 5.74) is 7.18. The van der Waals surface area contributed by atoms with Gasteiger partial charge in [-0.1, -0.05) is 0 Å². The van der Waals surface area contributed by atoms with Gasteiger partial charge in [0.05, 0.1) is 30.5 Å². The summed E-state index contributed by atoms with van der Waals surface area (Å²) < 4.78 is 0. The number of nitrogens with two attached hydrogens (primary N) is 1. The van der Waals surface area contributed by atoms with Crippen LogP contribution in [0, 0.1) is 0 Å². The molecule has 0 saturated carbocycles. The fourth-order valence-corrected chi connectivity index (χ4v) is 1.19. The molecule has 0 bridgehead atoms. The Hall–Kier alpha value is -2.37. The summed E-state index contributed by atoms with van der Waals surface area (Å²) >= 11 is 0. The number of hydrogen-bond donors (Lipinski definition) is 3. The number of nitrogens with one attached hydrogen (secondary N) is 2. The number of pyridine rings is 1. The van der Waals surface area contributed by atoms with Gasteiger partial charge in [-0.15, -0.1) is 0 Å². The lowest BCUT2D eigenvalue weighted by Gasteiger charge is -2.02. The van der Waals surface area contributed by atoms with Gasteiger partial charge in [0, 0.05) is 6.20 Å². The molecular weight excluding hydrogens is 206 g/mol. The second-order valence-corrected chi connectivity index (χ2v) is 3.24. The standard InChI is InChI=1S/C10H11N5O/c11-7-1-2-9(13-3-7)10(16)14-5-8-4-12-6-15-8/h1-4,6H,5,11H2,(H,12,15)(H,14,16). The predicted molar refractivity (Wildman–Crippen MR) is 58.4 cm³/mol. The molecule has 6 nitrogen and oxygen atoms in total. The molecule has 2 aromatic heterocycles. The van der Waals surface area contributed by atoms with Crippen LogP contribution in [0.15, 0.2) is 30.9 Å². The van der Waals surface area contributed by atoms with Crippen LogP contribution in [0.3, 0.4) is 0 Å². The number of hydrogen-bond acceptors (Lipinski definition) is 4. The molecular formula is C10H11N5O. The van der Waals surface area contributed by atoms with Crippen LogP contribution in [-0.2, 0) is 6.54 Å². The van der Waals surface area contributed by atoms with E-state index in [0.717, 1.165) is 5.69 Å². The largest absolute Gasteiger partial charge is 0.397 e. The van der Waals surface area contributed by atoms with Crippen LogP contribution in [-0.4, -0.2) is 20.9 Å². The highest BCUT2D eigenvalue weighted by Crippen LogP contribution is 2.01. The predicted octanol–water partition coefficient (Wildman–Crippen LogP) is 0.317. The summed E-state index contributed by atoms with van der Waals surface area (Å²) in [6.07, 6.45) is 4.66. The third kappa shape index (κ3) is 2.35. The van der Waals surface area contributed by atoms with Crippen molar-refractivity contribution in [1.29, 1.82) is 0 Å². The quantitative estimate of drug-likeness (QED) is 0.689. The van der Waals surface area contributed by atoms with E-state index in [2.05, 4.69) is 20.3 Å². The van der Waals surface area contributed by atoms with Gasteiger partial charge in [-0.25, -0.2) is 9.97 Å². The summed E-state index contributed by atoms with van der Waals surface area (Å²) in [5.74, 6) is -0.241. The minimum atomic E-state index is -0.241. The average molecular weight is 217 g/mol. The van der Waals surface area contributed by atoms with Crippen molar-refractivity contribution in [3.63, 3.8) is 0 Å². The SMILES string of the molecule is Nc1ccc(C(=O)NCc2cnc[nH]2)nc1. The molecule has 0 aliphatic carbocycles. The highest BCUT2D eigenvalue weighted by Gasteiger charge is 2.06. The maximum atomic E-state index is 11.6. The van der Waals surface area contributed by atoms with Gasteiger partial charge in [0.15, 0.2) is 0 Å². The molecule has 0 unspecified atom stereocenters. The van der Waals surface area contributed by atoms with Crippen LogP contribution in [0.25, 0.3) is 0 Å². The number of aromatic amines is 1. The van der Waals surface area contributed by atoms with Gasteiger partial charge < -0.3 is 16.0 Å². The first-order valence-corrected chi connectivity index (χ1v) is 4.72. The minimum Gasteiger partial charge on any atom is -0.397 e. The molecule has 6 heteroatoms. The van der Waals surface area contributed by atoms with Crippen molar-refractivity contribution in [3.05, 3.63) is 42.2 Å². The monoisotopic (exact) mass is 217 g/mol. The summed E-state index contributed by atoms with van der Waals surface area (Å²) in [6, 6.07) is 3.22. The van der Waals surface area contributed by atoms with Gasteiger partial charge >= 0.3 is 0 Å². The minimum absolute atomic E-state index is 0.241. The molecule has 16 heavy (non-hydrogen) atoms. The summed E-state index contributed by atoms with van der Waals surface area (Å²) in [7, 11) is 0. The van der Waals surface area contributed by atoms with Crippen LogP contribution < -0.4 is 11.1 Å². The molecule has 2 heterocycles. The fourth-order valence-electron chi connectivity index (χ4n) is 1.19. The zero-order chi connectivity index (χ0) is 11.4. The summed E-state index contributed by atoms with van der Waals surface area (Å²) in [6.45, 7) is 0.394. The van der Waals surface area contributed by atoms with E-state index in [4.69, 9.17) is 5.73 Å². The van der Waals surface area contributed by atoms with E-state index in [9.17, 15) is 4.79 Å². The fraction of sp³-hybridized carbons (Fsp3) is 0.100. The van der Waals surface area contributed by atoms with Gasteiger partial charge in [-0.05, 0) is 12.1 Å². The molecule has 2 rings (SSSR count). The molecule has 0 aliphatic heterocycles. The number of aromatic nitrogens is 3. The van der Waals surface area contributed by atoms with Gasteiger partial charge in [0.2, 0.25) is 0 Å². The van der Waals surface area contributed by atoms with Crippen LogP contribution >= 0.6 is 0 Å². The molecule has 0 saturated heterocycles. The number of imidazole rings is 1. The Morgan fingerprint density at radius 2 is 2.31 bits per heavy atom. The van der Waals surface area contributed by atoms with Crippen LogP contribution in [0.4, 0.5) is 5.69 Å². The van der Waals surface area contributed by atoms with Gasteiger partial charge in [0.1, 0.15) is 5.69 Å².